The Morgan fingerprint density at radius 1 is 1.32 bits per heavy atom. The molecule has 4 heteroatoms. The number of piperidine rings is 1. The maximum absolute atomic E-state index is 10.4. The van der Waals surface area contributed by atoms with Crippen LogP contribution in [0.2, 0.25) is 5.02 Å². The third-order valence-electron chi connectivity index (χ3n) is 4.18. The molecule has 2 bridgehead atoms. The second-order valence-corrected chi connectivity index (χ2v) is 5.71. The van der Waals surface area contributed by atoms with E-state index >= 15 is 0 Å². The number of rotatable bonds is 3. The first-order valence-corrected chi connectivity index (χ1v) is 7.02. The summed E-state index contributed by atoms with van der Waals surface area (Å²) in [6.07, 6.45) is 4.47. The third kappa shape index (κ3) is 2.55. The lowest BCUT2D eigenvalue weighted by Gasteiger charge is -2.36. The second kappa shape index (κ2) is 5.38. The van der Waals surface area contributed by atoms with Crippen molar-refractivity contribution in [2.24, 2.45) is 0 Å². The molecule has 0 radical (unpaired) electrons. The van der Waals surface area contributed by atoms with Gasteiger partial charge in [0.1, 0.15) is 6.10 Å². The molecule has 3 nitrogen and oxygen atoms in total. The van der Waals surface area contributed by atoms with Gasteiger partial charge in [-0.05, 0) is 37.0 Å². The zero-order chi connectivity index (χ0) is 13.2. The molecule has 3 rings (SSSR count). The molecule has 2 saturated heterocycles. The van der Waals surface area contributed by atoms with Crippen LogP contribution in [0.1, 0.15) is 30.7 Å². The maximum Gasteiger partial charge on any atom is 0.167 e. The molecule has 2 fully saturated rings. The molecule has 0 aliphatic carbocycles. The van der Waals surface area contributed by atoms with Gasteiger partial charge in [-0.1, -0.05) is 23.7 Å². The molecule has 2 aliphatic heterocycles. The van der Waals surface area contributed by atoms with Crippen LogP contribution in [0, 0.1) is 0 Å². The largest absolute Gasteiger partial charge is 0.484 e. The summed E-state index contributed by atoms with van der Waals surface area (Å²) in [7, 11) is 0. The Morgan fingerprint density at radius 2 is 2.11 bits per heavy atom. The molecule has 2 aliphatic rings. The summed E-state index contributed by atoms with van der Waals surface area (Å²) in [5, 5.41) is 4.30. The summed E-state index contributed by atoms with van der Waals surface area (Å²) in [4.78, 5) is 10.4. The van der Waals surface area contributed by atoms with E-state index in [0.717, 1.165) is 24.1 Å². The van der Waals surface area contributed by atoms with Gasteiger partial charge in [-0.2, -0.15) is 0 Å². The normalized spacial score (nSPS) is 32.7. The summed E-state index contributed by atoms with van der Waals surface area (Å²) in [5.41, 5.74) is 1.23. The first kappa shape index (κ1) is 12.7. The highest BCUT2D eigenvalue weighted by Gasteiger charge is 2.43. The number of nitrogens with one attached hydrogen (secondary N) is 1. The van der Waals surface area contributed by atoms with Crippen LogP contribution in [0.5, 0.6) is 0 Å². The van der Waals surface area contributed by atoms with Gasteiger partial charge in [-0.3, -0.25) is 0 Å². The van der Waals surface area contributed by atoms with Crippen LogP contribution < -0.4 is 5.32 Å². The van der Waals surface area contributed by atoms with Gasteiger partial charge in [0.05, 0.1) is 0 Å². The minimum atomic E-state index is 0.00127. The van der Waals surface area contributed by atoms with Crippen molar-refractivity contribution in [3.05, 3.63) is 41.1 Å². The number of fused-ring (bicyclic) bond motifs is 2. The van der Waals surface area contributed by atoms with Crippen molar-refractivity contribution >= 4 is 17.5 Å². The zero-order valence-corrected chi connectivity index (χ0v) is 11.3. The zero-order valence-electron chi connectivity index (χ0n) is 10.5. The topological polar surface area (TPSA) is 38.3 Å². The van der Waals surface area contributed by atoms with Crippen molar-refractivity contribution in [3.8, 4) is 0 Å². The molecule has 1 aromatic rings. The van der Waals surface area contributed by atoms with E-state index in [4.69, 9.17) is 16.3 Å². The van der Waals surface area contributed by atoms with Crippen LogP contribution >= 0.6 is 11.6 Å². The minimum Gasteiger partial charge on any atom is -0.484 e. The Balaban J connectivity index is 1.87. The Morgan fingerprint density at radius 3 is 2.84 bits per heavy atom. The summed E-state index contributed by atoms with van der Waals surface area (Å²) >= 11 is 5.94. The van der Waals surface area contributed by atoms with Crippen molar-refractivity contribution in [2.45, 2.75) is 43.4 Å². The molecule has 2 heterocycles. The predicted octanol–water partition coefficient (Wildman–Crippen LogP) is 2.68. The van der Waals surface area contributed by atoms with E-state index in [1.54, 1.807) is 5.94 Å². The Hall–Kier alpha value is -1.28. The van der Waals surface area contributed by atoms with Crippen molar-refractivity contribution in [1.29, 1.82) is 0 Å². The third-order valence-corrected chi connectivity index (χ3v) is 4.43. The molecule has 0 unspecified atom stereocenters. The lowest BCUT2D eigenvalue weighted by atomic mass is 9.83. The van der Waals surface area contributed by atoms with Gasteiger partial charge in [0.15, 0.2) is 12.2 Å². The van der Waals surface area contributed by atoms with E-state index in [0.29, 0.717) is 18.0 Å². The van der Waals surface area contributed by atoms with Crippen molar-refractivity contribution in [2.75, 3.05) is 0 Å². The average molecular weight is 278 g/mol. The molecule has 19 heavy (non-hydrogen) atoms. The highest BCUT2D eigenvalue weighted by molar-refractivity contribution is 6.30. The second-order valence-electron chi connectivity index (χ2n) is 5.28. The number of hydrogen-bond acceptors (Lipinski definition) is 3. The molecular formula is C15H16ClNO2. The molecule has 1 aromatic carbocycles. The van der Waals surface area contributed by atoms with Gasteiger partial charge in [0.2, 0.25) is 0 Å². The monoisotopic (exact) mass is 277 g/mol. The number of carbonyl (C=O) groups excluding carboxylic acids is 1. The molecule has 0 amide bonds. The summed E-state index contributed by atoms with van der Waals surface area (Å²) in [5.74, 6) is 2.01. The van der Waals surface area contributed by atoms with Gasteiger partial charge < -0.3 is 10.1 Å². The minimum absolute atomic E-state index is 0.00127. The van der Waals surface area contributed by atoms with Crippen LogP contribution in [0.15, 0.2) is 30.5 Å². The number of ether oxygens (including phenoxy) is 1. The highest BCUT2D eigenvalue weighted by Crippen LogP contribution is 2.39. The predicted molar refractivity (Wildman–Crippen MR) is 73.9 cm³/mol. The fourth-order valence-electron chi connectivity index (χ4n) is 3.35. The van der Waals surface area contributed by atoms with E-state index < -0.39 is 0 Å². The van der Waals surface area contributed by atoms with Gasteiger partial charge in [0, 0.05) is 23.0 Å². The first-order valence-electron chi connectivity index (χ1n) is 6.64. The van der Waals surface area contributed by atoms with Crippen LogP contribution in [0.3, 0.4) is 0 Å². The number of halogens is 1. The summed E-state index contributed by atoms with van der Waals surface area (Å²) in [6, 6.07) is 8.81. The Kier molecular flexibility index (Phi) is 3.61. The smallest absolute Gasteiger partial charge is 0.167 e. The van der Waals surface area contributed by atoms with E-state index in [2.05, 4.69) is 17.4 Å². The standard InChI is InChI=1S/C15H16ClNO2/c16-11-3-1-10(2-4-11)13-9-12-5-6-14(17-12)15(13)19-8-7-18/h1-4,8,12-15,17H,5-6,9H2/t12-,13+,14+,15-/m0/s1. The van der Waals surface area contributed by atoms with E-state index in [-0.39, 0.29) is 6.10 Å². The summed E-state index contributed by atoms with van der Waals surface area (Å²) < 4.78 is 5.62. The van der Waals surface area contributed by atoms with E-state index in [1.165, 1.54) is 12.0 Å². The van der Waals surface area contributed by atoms with Crippen LogP contribution in [-0.4, -0.2) is 24.1 Å². The van der Waals surface area contributed by atoms with Crippen LogP contribution in [0.4, 0.5) is 0 Å². The molecule has 1 N–H and O–H groups in total. The average Bonchev–Trinajstić information content (AvgIpc) is 2.81. The van der Waals surface area contributed by atoms with Crippen molar-refractivity contribution < 1.29 is 9.53 Å². The quantitative estimate of drug-likeness (QED) is 0.682. The molecule has 100 valence electrons. The molecule has 0 saturated carbocycles. The van der Waals surface area contributed by atoms with E-state index in [9.17, 15) is 4.79 Å². The fraction of sp³-hybridized carbons (Fsp3) is 0.467. The SMILES string of the molecule is O=C=CO[C@H]1[C@@H](c2ccc(Cl)cc2)C[C@@H]2CC[C@H]1N2. The number of benzene rings is 1. The Labute approximate surface area is 117 Å². The van der Waals surface area contributed by atoms with Crippen LogP contribution in [-0.2, 0) is 9.53 Å². The molecule has 0 spiro atoms. The highest BCUT2D eigenvalue weighted by atomic mass is 35.5. The van der Waals surface area contributed by atoms with Crippen molar-refractivity contribution in [3.63, 3.8) is 0 Å². The van der Waals surface area contributed by atoms with Crippen molar-refractivity contribution in [1.82, 2.24) is 5.32 Å². The molecule has 0 aromatic heterocycles. The fourth-order valence-corrected chi connectivity index (χ4v) is 3.47. The molecular weight excluding hydrogens is 262 g/mol. The summed E-state index contributed by atoms with van der Waals surface area (Å²) in [6.45, 7) is 0. The Bertz CT molecular complexity index is 495. The van der Waals surface area contributed by atoms with Gasteiger partial charge >= 0.3 is 0 Å². The van der Waals surface area contributed by atoms with Gasteiger partial charge in [-0.15, -0.1) is 0 Å². The number of hydrogen-bond donors (Lipinski definition) is 1. The van der Waals surface area contributed by atoms with E-state index in [1.807, 2.05) is 12.1 Å². The van der Waals surface area contributed by atoms with Gasteiger partial charge in [0.25, 0.3) is 0 Å². The maximum atomic E-state index is 10.4. The molecule has 4 atom stereocenters. The van der Waals surface area contributed by atoms with Crippen LogP contribution in [0.25, 0.3) is 0 Å². The first-order chi connectivity index (χ1) is 9.28. The lowest BCUT2D eigenvalue weighted by molar-refractivity contribution is 0.0639. The lowest BCUT2D eigenvalue weighted by Crippen LogP contribution is -2.48. The van der Waals surface area contributed by atoms with Gasteiger partial charge in [-0.25, -0.2) is 4.79 Å².